The molecule has 0 aromatic heterocycles. The first kappa shape index (κ1) is 17.0. The molecule has 1 N–H and O–H groups in total. The van der Waals surface area contributed by atoms with Crippen molar-refractivity contribution in [1.29, 1.82) is 0 Å². The number of hydrogen-bond acceptors (Lipinski definition) is 3. The molecule has 2 rings (SSSR count). The van der Waals surface area contributed by atoms with Crippen LogP contribution in [0.2, 0.25) is 0 Å². The zero-order valence-corrected chi connectivity index (χ0v) is 13.9. The lowest BCUT2D eigenvalue weighted by atomic mass is 10.0. The van der Waals surface area contributed by atoms with Gasteiger partial charge in [0, 0.05) is 24.2 Å². The average molecular weight is 313 g/mol. The van der Waals surface area contributed by atoms with E-state index in [-0.39, 0.29) is 12.5 Å². The van der Waals surface area contributed by atoms with Gasteiger partial charge in [0.2, 0.25) is 0 Å². The van der Waals surface area contributed by atoms with E-state index in [1.807, 2.05) is 56.3 Å². The molecule has 2 aromatic rings. The summed E-state index contributed by atoms with van der Waals surface area (Å²) >= 11 is 0. The number of benzene rings is 2. The number of methoxy groups -OCH3 is 1. The van der Waals surface area contributed by atoms with Gasteiger partial charge in [0.1, 0.15) is 5.75 Å². The molecule has 23 heavy (non-hydrogen) atoms. The Hall–Kier alpha value is -2.33. The van der Waals surface area contributed by atoms with Crippen LogP contribution in [0.5, 0.6) is 5.75 Å². The maximum Gasteiger partial charge on any atom is 0.253 e. The van der Waals surface area contributed by atoms with Gasteiger partial charge in [-0.15, -0.1) is 0 Å². The van der Waals surface area contributed by atoms with E-state index >= 15 is 0 Å². The van der Waals surface area contributed by atoms with Gasteiger partial charge in [-0.2, -0.15) is 0 Å². The van der Waals surface area contributed by atoms with Crippen molar-refractivity contribution in [2.24, 2.45) is 0 Å². The highest BCUT2D eigenvalue weighted by atomic mass is 16.5. The third-order valence-electron chi connectivity index (χ3n) is 3.97. The van der Waals surface area contributed by atoms with Gasteiger partial charge in [0.15, 0.2) is 0 Å². The van der Waals surface area contributed by atoms with E-state index in [2.05, 4.69) is 0 Å². The predicted molar refractivity (Wildman–Crippen MR) is 91.6 cm³/mol. The number of hydrogen-bond donors (Lipinski definition) is 1. The van der Waals surface area contributed by atoms with Crippen LogP contribution in [-0.4, -0.2) is 36.1 Å². The number of aliphatic hydroxyl groups is 1. The number of amides is 1. The topological polar surface area (TPSA) is 49.8 Å². The van der Waals surface area contributed by atoms with Gasteiger partial charge in [-0.05, 0) is 49.2 Å². The van der Waals surface area contributed by atoms with Crippen molar-refractivity contribution in [3.8, 4) is 16.9 Å². The Labute approximate surface area is 137 Å². The van der Waals surface area contributed by atoms with E-state index in [0.29, 0.717) is 24.4 Å². The summed E-state index contributed by atoms with van der Waals surface area (Å²) < 4.78 is 5.22. The molecule has 0 atom stereocenters. The number of ether oxygens (including phenoxy) is 1. The number of rotatable bonds is 6. The van der Waals surface area contributed by atoms with Crippen LogP contribution in [0.4, 0.5) is 0 Å². The van der Waals surface area contributed by atoms with Gasteiger partial charge in [0.05, 0.1) is 13.7 Å². The Morgan fingerprint density at radius 3 is 2.17 bits per heavy atom. The van der Waals surface area contributed by atoms with Crippen molar-refractivity contribution < 1.29 is 14.6 Å². The molecule has 0 aliphatic heterocycles. The molecule has 122 valence electrons. The van der Waals surface area contributed by atoms with Crippen molar-refractivity contribution in [1.82, 2.24) is 4.90 Å². The quantitative estimate of drug-likeness (QED) is 0.890. The first-order chi connectivity index (χ1) is 11.1. The van der Waals surface area contributed by atoms with Crippen molar-refractivity contribution in [3.05, 3.63) is 53.6 Å². The zero-order chi connectivity index (χ0) is 16.8. The Bertz CT molecular complexity index is 661. The van der Waals surface area contributed by atoms with Gasteiger partial charge in [0.25, 0.3) is 5.91 Å². The molecule has 2 aromatic carbocycles. The van der Waals surface area contributed by atoms with E-state index < -0.39 is 0 Å². The molecule has 0 radical (unpaired) electrons. The summed E-state index contributed by atoms with van der Waals surface area (Å²) in [6.07, 6.45) is 0. The molecule has 0 saturated carbocycles. The van der Waals surface area contributed by atoms with Crippen LogP contribution in [0.3, 0.4) is 0 Å². The molecule has 4 nitrogen and oxygen atoms in total. The van der Waals surface area contributed by atoms with Crippen molar-refractivity contribution in [2.75, 3.05) is 20.2 Å². The Morgan fingerprint density at radius 1 is 1.04 bits per heavy atom. The third-order valence-corrected chi connectivity index (χ3v) is 3.97. The molecule has 0 aliphatic carbocycles. The van der Waals surface area contributed by atoms with E-state index in [9.17, 15) is 9.90 Å². The summed E-state index contributed by atoms with van der Waals surface area (Å²) in [6.45, 7) is 5.29. The molecular weight excluding hydrogens is 290 g/mol. The summed E-state index contributed by atoms with van der Waals surface area (Å²) in [5, 5.41) is 9.42. The lowest BCUT2D eigenvalue weighted by Crippen LogP contribution is -2.30. The molecule has 0 fully saturated rings. The minimum Gasteiger partial charge on any atom is -0.496 e. The average Bonchev–Trinajstić information content (AvgIpc) is 2.62. The van der Waals surface area contributed by atoms with Crippen LogP contribution in [-0.2, 0) is 6.61 Å². The van der Waals surface area contributed by atoms with Crippen LogP contribution in [0.1, 0.15) is 29.8 Å². The minimum absolute atomic E-state index is 0.0485. The third kappa shape index (κ3) is 3.71. The highest BCUT2D eigenvalue weighted by Gasteiger charge is 2.12. The maximum atomic E-state index is 12.3. The molecule has 0 bridgehead atoms. The summed E-state index contributed by atoms with van der Waals surface area (Å²) in [7, 11) is 1.59. The first-order valence-corrected chi connectivity index (χ1v) is 7.82. The highest BCUT2D eigenvalue weighted by Crippen LogP contribution is 2.27. The van der Waals surface area contributed by atoms with Crippen LogP contribution >= 0.6 is 0 Å². The number of aliphatic hydroxyl groups excluding tert-OH is 1. The second-order valence-corrected chi connectivity index (χ2v) is 5.24. The molecule has 0 aliphatic rings. The molecule has 0 heterocycles. The van der Waals surface area contributed by atoms with Crippen molar-refractivity contribution in [3.63, 3.8) is 0 Å². The Kier molecular flexibility index (Phi) is 5.77. The van der Waals surface area contributed by atoms with E-state index in [4.69, 9.17) is 4.74 Å². The SMILES string of the molecule is CCN(CC)C(=O)c1ccc(-c2ccc(OC)c(CO)c2)cc1. The number of carbonyl (C=O) groups excluding carboxylic acids is 1. The highest BCUT2D eigenvalue weighted by molar-refractivity contribution is 5.94. The van der Waals surface area contributed by atoms with Crippen LogP contribution < -0.4 is 4.74 Å². The number of carbonyl (C=O) groups is 1. The Balaban J connectivity index is 2.27. The predicted octanol–water partition coefficient (Wildman–Crippen LogP) is 3.34. The first-order valence-electron chi connectivity index (χ1n) is 7.82. The van der Waals surface area contributed by atoms with E-state index in [0.717, 1.165) is 16.7 Å². The molecule has 0 spiro atoms. The fourth-order valence-corrected chi connectivity index (χ4v) is 2.58. The molecular formula is C19H23NO3. The van der Waals surface area contributed by atoms with Gasteiger partial charge in [-0.1, -0.05) is 18.2 Å². The van der Waals surface area contributed by atoms with E-state index in [1.54, 1.807) is 12.0 Å². The monoisotopic (exact) mass is 313 g/mol. The van der Waals surface area contributed by atoms with Crippen molar-refractivity contribution >= 4 is 5.91 Å². The van der Waals surface area contributed by atoms with E-state index in [1.165, 1.54) is 0 Å². The summed E-state index contributed by atoms with van der Waals surface area (Å²) in [5.41, 5.74) is 3.41. The number of nitrogens with zero attached hydrogens (tertiary/aromatic N) is 1. The Morgan fingerprint density at radius 2 is 1.65 bits per heavy atom. The summed E-state index contributed by atoms with van der Waals surface area (Å²) in [4.78, 5) is 14.1. The smallest absolute Gasteiger partial charge is 0.253 e. The molecule has 4 heteroatoms. The van der Waals surface area contributed by atoms with Crippen LogP contribution in [0.15, 0.2) is 42.5 Å². The lowest BCUT2D eigenvalue weighted by molar-refractivity contribution is 0.0773. The molecule has 0 saturated heterocycles. The second-order valence-electron chi connectivity index (χ2n) is 5.24. The minimum atomic E-state index is -0.0739. The van der Waals surface area contributed by atoms with Crippen LogP contribution in [0, 0.1) is 0 Å². The lowest BCUT2D eigenvalue weighted by Gasteiger charge is -2.18. The van der Waals surface area contributed by atoms with Gasteiger partial charge < -0.3 is 14.7 Å². The van der Waals surface area contributed by atoms with Crippen LogP contribution in [0.25, 0.3) is 11.1 Å². The van der Waals surface area contributed by atoms with Gasteiger partial charge in [-0.25, -0.2) is 0 Å². The summed E-state index contributed by atoms with van der Waals surface area (Å²) in [6, 6.07) is 13.2. The standard InChI is InChI=1S/C19H23NO3/c1-4-20(5-2)19(22)15-8-6-14(7-9-15)16-10-11-18(23-3)17(12-16)13-21/h6-12,21H,4-5,13H2,1-3H3. The normalized spacial score (nSPS) is 10.4. The fraction of sp³-hybridized carbons (Fsp3) is 0.316. The second kappa shape index (κ2) is 7.79. The molecule has 1 amide bonds. The summed E-state index contributed by atoms with van der Waals surface area (Å²) in [5.74, 6) is 0.719. The maximum absolute atomic E-state index is 12.3. The van der Waals surface area contributed by atoms with Gasteiger partial charge >= 0.3 is 0 Å². The largest absolute Gasteiger partial charge is 0.496 e. The molecule has 0 unspecified atom stereocenters. The fourth-order valence-electron chi connectivity index (χ4n) is 2.58. The van der Waals surface area contributed by atoms with Crippen molar-refractivity contribution in [2.45, 2.75) is 20.5 Å². The van der Waals surface area contributed by atoms with Gasteiger partial charge in [-0.3, -0.25) is 4.79 Å². The zero-order valence-electron chi connectivity index (χ0n) is 13.9.